The van der Waals surface area contributed by atoms with E-state index in [2.05, 4.69) is 31.2 Å². The third-order valence-corrected chi connectivity index (χ3v) is 4.55. The van der Waals surface area contributed by atoms with E-state index in [0.29, 0.717) is 6.42 Å². The first-order chi connectivity index (χ1) is 8.81. The van der Waals surface area contributed by atoms with Crippen LogP contribution in [0.1, 0.15) is 37.0 Å². The second-order valence-electron chi connectivity index (χ2n) is 4.77. The molecular weight excluding hydrogens is 244 g/mol. The van der Waals surface area contributed by atoms with Crippen LogP contribution in [0.2, 0.25) is 0 Å². The number of hydrogen-bond donors (Lipinski definition) is 1. The van der Waals surface area contributed by atoms with Crippen LogP contribution in [0.15, 0.2) is 24.3 Å². The Morgan fingerprint density at radius 2 is 2.28 bits per heavy atom. The molecular formula is C15H22O2S. The van der Waals surface area contributed by atoms with Crippen molar-refractivity contribution in [2.75, 3.05) is 18.1 Å². The number of thioether (sulfide) groups is 1. The molecule has 0 amide bonds. The van der Waals surface area contributed by atoms with Gasteiger partial charge in [0.05, 0.1) is 18.8 Å². The molecule has 18 heavy (non-hydrogen) atoms. The van der Waals surface area contributed by atoms with Gasteiger partial charge >= 0.3 is 0 Å². The average Bonchev–Trinajstić information content (AvgIpc) is 2.39. The van der Waals surface area contributed by atoms with Crippen molar-refractivity contribution in [2.24, 2.45) is 0 Å². The summed E-state index contributed by atoms with van der Waals surface area (Å²) in [6, 6.07) is 8.43. The minimum absolute atomic E-state index is 0.0761. The Balaban J connectivity index is 1.90. The van der Waals surface area contributed by atoms with Gasteiger partial charge in [0, 0.05) is 12.2 Å². The van der Waals surface area contributed by atoms with Crippen LogP contribution in [-0.2, 0) is 11.2 Å². The number of benzene rings is 1. The Bertz CT molecular complexity index is 367. The SMILES string of the molecule is CCCSCC(O)CC1OCCc2ccccc21. The quantitative estimate of drug-likeness (QED) is 0.802. The molecule has 2 rings (SSSR count). The van der Waals surface area contributed by atoms with Crippen LogP contribution in [0.3, 0.4) is 0 Å². The summed E-state index contributed by atoms with van der Waals surface area (Å²) < 4.78 is 5.81. The van der Waals surface area contributed by atoms with Crippen LogP contribution in [0.25, 0.3) is 0 Å². The molecule has 0 saturated heterocycles. The van der Waals surface area contributed by atoms with Crippen molar-refractivity contribution in [2.45, 2.75) is 38.4 Å². The molecule has 1 aromatic carbocycles. The first-order valence-corrected chi connectivity index (χ1v) is 7.92. The zero-order valence-corrected chi connectivity index (χ0v) is 11.8. The van der Waals surface area contributed by atoms with E-state index in [1.807, 2.05) is 11.8 Å². The monoisotopic (exact) mass is 266 g/mol. The zero-order chi connectivity index (χ0) is 12.8. The summed E-state index contributed by atoms with van der Waals surface area (Å²) in [5, 5.41) is 10.1. The van der Waals surface area contributed by atoms with Crippen LogP contribution in [0.4, 0.5) is 0 Å². The fraction of sp³-hybridized carbons (Fsp3) is 0.600. The average molecular weight is 266 g/mol. The molecule has 0 fully saturated rings. The normalized spacial score (nSPS) is 20.4. The van der Waals surface area contributed by atoms with Gasteiger partial charge in [-0.2, -0.15) is 11.8 Å². The third-order valence-electron chi connectivity index (χ3n) is 3.24. The Morgan fingerprint density at radius 3 is 3.11 bits per heavy atom. The first-order valence-electron chi connectivity index (χ1n) is 6.76. The van der Waals surface area contributed by atoms with Crippen LogP contribution in [0.5, 0.6) is 0 Å². The predicted molar refractivity (Wildman–Crippen MR) is 77.1 cm³/mol. The number of fused-ring (bicyclic) bond motifs is 1. The van der Waals surface area contributed by atoms with E-state index in [-0.39, 0.29) is 12.2 Å². The van der Waals surface area contributed by atoms with Crippen molar-refractivity contribution in [3.63, 3.8) is 0 Å². The summed E-state index contributed by atoms with van der Waals surface area (Å²) >= 11 is 1.83. The van der Waals surface area contributed by atoms with E-state index in [0.717, 1.165) is 24.5 Å². The van der Waals surface area contributed by atoms with Gasteiger partial charge in [0.15, 0.2) is 0 Å². The molecule has 3 heteroatoms. The molecule has 1 aliphatic heterocycles. The van der Waals surface area contributed by atoms with Crippen molar-refractivity contribution in [1.82, 2.24) is 0 Å². The highest BCUT2D eigenvalue weighted by Gasteiger charge is 2.22. The lowest BCUT2D eigenvalue weighted by Gasteiger charge is -2.27. The van der Waals surface area contributed by atoms with Crippen molar-refractivity contribution >= 4 is 11.8 Å². The zero-order valence-electron chi connectivity index (χ0n) is 11.0. The molecule has 1 heterocycles. The van der Waals surface area contributed by atoms with Gasteiger partial charge in [0.25, 0.3) is 0 Å². The topological polar surface area (TPSA) is 29.5 Å². The first kappa shape index (κ1) is 13.9. The minimum Gasteiger partial charge on any atom is -0.392 e. The lowest BCUT2D eigenvalue weighted by molar-refractivity contribution is 0.00946. The molecule has 0 aromatic heterocycles. The standard InChI is InChI=1S/C15H22O2S/c1-2-9-18-11-13(16)10-15-14-6-4-3-5-12(14)7-8-17-15/h3-6,13,15-16H,2,7-11H2,1H3. The van der Waals surface area contributed by atoms with Gasteiger partial charge in [-0.3, -0.25) is 0 Å². The molecule has 100 valence electrons. The second kappa shape index (κ2) is 7.17. The lowest BCUT2D eigenvalue weighted by atomic mass is 9.94. The molecule has 2 nitrogen and oxygen atoms in total. The van der Waals surface area contributed by atoms with Crippen molar-refractivity contribution < 1.29 is 9.84 Å². The number of aliphatic hydroxyl groups excluding tert-OH is 1. The van der Waals surface area contributed by atoms with Crippen molar-refractivity contribution in [1.29, 1.82) is 0 Å². The Kier molecular flexibility index (Phi) is 5.54. The Hall–Kier alpha value is -0.510. The fourth-order valence-electron chi connectivity index (χ4n) is 2.35. The molecule has 0 radical (unpaired) electrons. The summed E-state index contributed by atoms with van der Waals surface area (Å²) in [5.41, 5.74) is 2.64. The van der Waals surface area contributed by atoms with Gasteiger partial charge < -0.3 is 9.84 Å². The Morgan fingerprint density at radius 1 is 1.44 bits per heavy atom. The highest BCUT2D eigenvalue weighted by atomic mass is 32.2. The summed E-state index contributed by atoms with van der Waals surface area (Å²) in [7, 11) is 0. The van der Waals surface area contributed by atoms with E-state index in [1.165, 1.54) is 17.5 Å². The predicted octanol–water partition coefficient (Wildman–Crippen LogP) is 3.19. The maximum absolute atomic E-state index is 10.1. The van der Waals surface area contributed by atoms with Gasteiger partial charge in [-0.25, -0.2) is 0 Å². The van der Waals surface area contributed by atoms with Gasteiger partial charge in [-0.15, -0.1) is 0 Å². The van der Waals surface area contributed by atoms with Crippen LogP contribution in [-0.4, -0.2) is 29.3 Å². The van der Waals surface area contributed by atoms with Gasteiger partial charge in [-0.1, -0.05) is 31.2 Å². The Labute approximate surface area is 114 Å². The summed E-state index contributed by atoms with van der Waals surface area (Å²) in [6.07, 6.45) is 2.69. The fourth-order valence-corrected chi connectivity index (χ4v) is 3.21. The molecule has 1 aromatic rings. The number of ether oxygens (including phenoxy) is 1. The highest BCUT2D eigenvalue weighted by molar-refractivity contribution is 7.99. The van der Waals surface area contributed by atoms with E-state index in [4.69, 9.17) is 4.74 Å². The maximum atomic E-state index is 10.1. The minimum atomic E-state index is -0.266. The van der Waals surface area contributed by atoms with Gasteiger partial charge in [0.2, 0.25) is 0 Å². The van der Waals surface area contributed by atoms with E-state index < -0.39 is 0 Å². The number of aliphatic hydroxyl groups is 1. The van der Waals surface area contributed by atoms with Crippen LogP contribution < -0.4 is 0 Å². The highest BCUT2D eigenvalue weighted by Crippen LogP contribution is 2.30. The smallest absolute Gasteiger partial charge is 0.0852 e. The van der Waals surface area contributed by atoms with E-state index in [1.54, 1.807) is 0 Å². The van der Waals surface area contributed by atoms with Gasteiger partial charge in [0.1, 0.15) is 0 Å². The molecule has 1 aliphatic rings. The molecule has 2 atom stereocenters. The molecule has 0 saturated carbocycles. The van der Waals surface area contributed by atoms with Crippen molar-refractivity contribution in [3.05, 3.63) is 35.4 Å². The molecule has 1 N–H and O–H groups in total. The molecule has 2 unspecified atom stereocenters. The van der Waals surface area contributed by atoms with E-state index >= 15 is 0 Å². The maximum Gasteiger partial charge on any atom is 0.0852 e. The van der Waals surface area contributed by atoms with Crippen LogP contribution in [0, 0.1) is 0 Å². The van der Waals surface area contributed by atoms with Gasteiger partial charge in [-0.05, 0) is 29.7 Å². The lowest BCUT2D eigenvalue weighted by Crippen LogP contribution is -2.22. The number of rotatable bonds is 6. The van der Waals surface area contributed by atoms with Crippen molar-refractivity contribution in [3.8, 4) is 0 Å². The van der Waals surface area contributed by atoms with E-state index in [9.17, 15) is 5.11 Å². The third kappa shape index (κ3) is 3.74. The second-order valence-corrected chi connectivity index (χ2v) is 5.92. The summed E-state index contributed by atoms with van der Waals surface area (Å²) in [4.78, 5) is 0. The van der Waals surface area contributed by atoms with Crippen LogP contribution >= 0.6 is 11.8 Å². The molecule has 0 spiro atoms. The molecule has 0 aliphatic carbocycles. The summed E-state index contributed by atoms with van der Waals surface area (Å²) in [5.74, 6) is 1.94. The summed E-state index contributed by atoms with van der Waals surface area (Å²) in [6.45, 7) is 2.94. The molecule has 0 bridgehead atoms. The largest absolute Gasteiger partial charge is 0.392 e. The number of hydrogen-bond acceptors (Lipinski definition) is 3.